The van der Waals surface area contributed by atoms with Gasteiger partial charge in [0.1, 0.15) is 11.0 Å². The maximum absolute atomic E-state index is 13.3. The Morgan fingerprint density at radius 3 is 2.52 bits per heavy atom. The van der Waals surface area contributed by atoms with Crippen molar-refractivity contribution in [1.29, 1.82) is 0 Å². The van der Waals surface area contributed by atoms with Crippen LogP contribution in [0.1, 0.15) is 21.2 Å². The molecule has 0 saturated heterocycles. The first kappa shape index (κ1) is 21.0. The average Bonchev–Trinajstić information content (AvgIpc) is 2.74. The zero-order chi connectivity index (χ0) is 20.9. The molecule has 1 aromatic heterocycles. The molecule has 0 bridgehead atoms. The second-order valence-corrected chi connectivity index (χ2v) is 9.26. The summed E-state index contributed by atoms with van der Waals surface area (Å²) in [5.41, 5.74) is 0.934. The zero-order valence-corrected chi connectivity index (χ0v) is 18.0. The third-order valence-electron chi connectivity index (χ3n) is 4.35. The van der Waals surface area contributed by atoms with Crippen LogP contribution in [-0.2, 0) is 9.84 Å². The summed E-state index contributed by atoms with van der Waals surface area (Å²) in [5.74, 6) is 0.204. The minimum Gasteiger partial charge on any atom is -0.497 e. The van der Waals surface area contributed by atoms with Gasteiger partial charge in [0.15, 0.2) is 9.84 Å². The Hall–Kier alpha value is -2.71. The molecular formula is C21H19BrN2O4S. The molecule has 1 atom stereocenters. The summed E-state index contributed by atoms with van der Waals surface area (Å²) in [6.45, 7) is -0.0919. The highest BCUT2D eigenvalue weighted by Gasteiger charge is 2.30. The van der Waals surface area contributed by atoms with Crippen molar-refractivity contribution in [1.82, 2.24) is 10.3 Å². The maximum atomic E-state index is 13.3. The van der Waals surface area contributed by atoms with Crippen LogP contribution in [0.3, 0.4) is 0 Å². The molecule has 1 amide bonds. The van der Waals surface area contributed by atoms with E-state index in [1.54, 1.807) is 48.7 Å². The van der Waals surface area contributed by atoms with E-state index in [1.165, 1.54) is 25.4 Å². The van der Waals surface area contributed by atoms with Crippen molar-refractivity contribution in [3.05, 3.63) is 88.7 Å². The van der Waals surface area contributed by atoms with Crippen LogP contribution in [0.15, 0.2) is 82.4 Å². The predicted molar refractivity (Wildman–Crippen MR) is 114 cm³/mol. The summed E-state index contributed by atoms with van der Waals surface area (Å²) in [6.07, 6.45) is 3.07. The van der Waals surface area contributed by atoms with Gasteiger partial charge in [0, 0.05) is 29.0 Å². The zero-order valence-electron chi connectivity index (χ0n) is 15.6. The first-order valence-electron chi connectivity index (χ1n) is 8.73. The monoisotopic (exact) mass is 474 g/mol. The summed E-state index contributed by atoms with van der Waals surface area (Å²) in [7, 11) is -2.27. The van der Waals surface area contributed by atoms with E-state index in [4.69, 9.17) is 4.74 Å². The lowest BCUT2D eigenvalue weighted by Gasteiger charge is -2.19. The van der Waals surface area contributed by atoms with Crippen LogP contribution in [0, 0.1) is 0 Å². The Balaban J connectivity index is 1.89. The molecule has 1 N–H and O–H groups in total. The highest BCUT2D eigenvalue weighted by molar-refractivity contribution is 9.10. The van der Waals surface area contributed by atoms with Crippen molar-refractivity contribution < 1.29 is 17.9 Å². The van der Waals surface area contributed by atoms with E-state index in [-0.39, 0.29) is 17.3 Å². The Morgan fingerprint density at radius 1 is 1.14 bits per heavy atom. The van der Waals surface area contributed by atoms with E-state index >= 15 is 0 Å². The van der Waals surface area contributed by atoms with Gasteiger partial charge in [0.05, 0.1) is 12.0 Å². The molecule has 0 aliphatic heterocycles. The van der Waals surface area contributed by atoms with Gasteiger partial charge in [0.25, 0.3) is 5.91 Å². The van der Waals surface area contributed by atoms with Crippen molar-refractivity contribution in [3.63, 3.8) is 0 Å². The van der Waals surface area contributed by atoms with Crippen molar-refractivity contribution >= 4 is 31.7 Å². The molecule has 0 aliphatic carbocycles. The van der Waals surface area contributed by atoms with Crippen LogP contribution >= 0.6 is 15.9 Å². The summed E-state index contributed by atoms with van der Waals surface area (Å²) in [6, 6.07) is 16.4. The first-order valence-corrected chi connectivity index (χ1v) is 11.1. The molecule has 29 heavy (non-hydrogen) atoms. The largest absolute Gasteiger partial charge is 0.497 e. The molecule has 3 rings (SSSR count). The topological polar surface area (TPSA) is 85.4 Å². The molecule has 1 heterocycles. The number of amides is 1. The number of halogens is 1. The SMILES string of the molecule is COc1ccc(S(=O)(=O)[C@H](CNC(=O)c2cccc(Br)c2)c2cccnc2)cc1. The Labute approximate surface area is 178 Å². The fourth-order valence-corrected chi connectivity index (χ4v) is 4.86. The maximum Gasteiger partial charge on any atom is 0.251 e. The normalized spacial score (nSPS) is 12.2. The van der Waals surface area contributed by atoms with Crippen LogP contribution in [0.5, 0.6) is 5.75 Å². The molecule has 0 unspecified atom stereocenters. The molecule has 0 fully saturated rings. The molecule has 0 saturated carbocycles. The molecule has 150 valence electrons. The second kappa shape index (κ2) is 9.19. The molecule has 0 radical (unpaired) electrons. The van der Waals surface area contributed by atoms with Crippen LogP contribution in [0.2, 0.25) is 0 Å². The fourth-order valence-electron chi connectivity index (χ4n) is 2.82. The van der Waals surface area contributed by atoms with Gasteiger partial charge in [-0.2, -0.15) is 0 Å². The standard InChI is InChI=1S/C21H19BrN2O4S/c1-28-18-7-9-19(10-8-18)29(26,27)20(16-5-3-11-23-13-16)14-24-21(25)15-4-2-6-17(22)12-15/h2-13,20H,14H2,1H3,(H,24,25)/t20-/m1/s1. The van der Waals surface area contributed by atoms with Gasteiger partial charge in [-0.15, -0.1) is 0 Å². The van der Waals surface area contributed by atoms with Crippen molar-refractivity contribution in [2.24, 2.45) is 0 Å². The molecule has 8 heteroatoms. The number of nitrogens with zero attached hydrogens (tertiary/aromatic N) is 1. The minimum absolute atomic E-state index is 0.0919. The van der Waals surface area contributed by atoms with Crippen LogP contribution in [-0.4, -0.2) is 33.0 Å². The number of carbonyl (C=O) groups is 1. The van der Waals surface area contributed by atoms with Gasteiger partial charge in [-0.25, -0.2) is 8.42 Å². The van der Waals surface area contributed by atoms with E-state index in [2.05, 4.69) is 26.2 Å². The number of carbonyl (C=O) groups excluding carboxylic acids is 1. The highest BCUT2D eigenvalue weighted by atomic mass is 79.9. The number of sulfone groups is 1. The molecule has 3 aromatic rings. The minimum atomic E-state index is -3.78. The van der Waals surface area contributed by atoms with Crippen molar-refractivity contribution in [3.8, 4) is 5.75 Å². The molecule has 0 spiro atoms. The van der Waals surface area contributed by atoms with Gasteiger partial charge in [-0.1, -0.05) is 28.1 Å². The number of hydrogen-bond acceptors (Lipinski definition) is 5. The van der Waals surface area contributed by atoms with E-state index in [9.17, 15) is 13.2 Å². The molecular weight excluding hydrogens is 456 g/mol. The lowest BCUT2D eigenvalue weighted by molar-refractivity contribution is 0.0953. The second-order valence-electron chi connectivity index (χ2n) is 6.22. The number of ether oxygens (including phenoxy) is 1. The molecule has 2 aromatic carbocycles. The van der Waals surface area contributed by atoms with E-state index in [0.29, 0.717) is 16.9 Å². The van der Waals surface area contributed by atoms with E-state index in [1.807, 2.05) is 6.07 Å². The van der Waals surface area contributed by atoms with Gasteiger partial charge >= 0.3 is 0 Å². The lowest BCUT2D eigenvalue weighted by Crippen LogP contribution is -2.32. The highest BCUT2D eigenvalue weighted by Crippen LogP contribution is 2.29. The smallest absolute Gasteiger partial charge is 0.251 e. The van der Waals surface area contributed by atoms with E-state index in [0.717, 1.165) is 4.47 Å². The number of methoxy groups -OCH3 is 1. The Morgan fingerprint density at radius 2 is 1.90 bits per heavy atom. The number of pyridine rings is 1. The summed E-state index contributed by atoms with van der Waals surface area (Å²) in [5, 5.41) is 1.75. The predicted octanol–water partition coefficient (Wildman–Crippen LogP) is 3.80. The van der Waals surface area contributed by atoms with Crippen LogP contribution < -0.4 is 10.1 Å². The number of nitrogens with one attached hydrogen (secondary N) is 1. The fraction of sp³-hybridized carbons (Fsp3) is 0.143. The van der Waals surface area contributed by atoms with Gasteiger partial charge in [-0.3, -0.25) is 9.78 Å². The number of aromatic nitrogens is 1. The summed E-state index contributed by atoms with van der Waals surface area (Å²) >= 11 is 3.33. The van der Waals surface area contributed by atoms with Crippen molar-refractivity contribution in [2.45, 2.75) is 10.1 Å². The summed E-state index contributed by atoms with van der Waals surface area (Å²) in [4.78, 5) is 16.7. The average molecular weight is 475 g/mol. The third kappa shape index (κ3) is 5.02. The summed E-state index contributed by atoms with van der Waals surface area (Å²) < 4.78 is 32.5. The van der Waals surface area contributed by atoms with Gasteiger partial charge < -0.3 is 10.1 Å². The third-order valence-corrected chi connectivity index (χ3v) is 6.96. The van der Waals surface area contributed by atoms with Gasteiger partial charge in [0.2, 0.25) is 0 Å². The van der Waals surface area contributed by atoms with Gasteiger partial charge in [-0.05, 0) is 54.1 Å². The van der Waals surface area contributed by atoms with Crippen LogP contribution in [0.4, 0.5) is 0 Å². The number of rotatable bonds is 7. The molecule has 0 aliphatic rings. The molecule has 6 nitrogen and oxygen atoms in total. The first-order chi connectivity index (χ1) is 13.9. The van der Waals surface area contributed by atoms with Crippen LogP contribution in [0.25, 0.3) is 0 Å². The lowest BCUT2D eigenvalue weighted by atomic mass is 10.2. The number of hydrogen-bond donors (Lipinski definition) is 1. The van der Waals surface area contributed by atoms with E-state index < -0.39 is 15.1 Å². The Bertz CT molecular complexity index is 1090. The quantitative estimate of drug-likeness (QED) is 0.562. The van der Waals surface area contributed by atoms with Crippen molar-refractivity contribution in [2.75, 3.05) is 13.7 Å². The Kier molecular flexibility index (Phi) is 6.66. The number of benzene rings is 2.